The topological polar surface area (TPSA) is 78.9 Å². The summed E-state index contributed by atoms with van der Waals surface area (Å²) < 4.78 is 5.55. The standard InChI is InChI=1S/C15H28N2O4/c1-11(2)10-16-15(20)12(3)17-7-4-13(5-8-17)21-9-6-14(18)19/h11-13H,4-10H2,1-3H3,(H,16,20)(H,18,19). The zero-order valence-corrected chi connectivity index (χ0v) is 13.3. The average Bonchev–Trinajstić information content (AvgIpc) is 2.44. The van der Waals surface area contributed by atoms with Crippen molar-refractivity contribution in [1.82, 2.24) is 10.2 Å². The van der Waals surface area contributed by atoms with Crippen molar-refractivity contribution in [3.8, 4) is 0 Å². The van der Waals surface area contributed by atoms with Crippen molar-refractivity contribution in [2.24, 2.45) is 5.92 Å². The van der Waals surface area contributed by atoms with E-state index in [9.17, 15) is 9.59 Å². The van der Waals surface area contributed by atoms with Crippen LogP contribution in [0.4, 0.5) is 0 Å². The lowest BCUT2D eigenvalue weighted by Crippen LogP contribution is -2.49. The van der Waals surface area contributed by atoms with Gasteiger partial charge >= 0.3 is 5.97 Å². The van der Waals surface area contributed by atoms with Gasteiger partial charge in [0.2, 0.25) is 5.91 Å². The summed E-state index contributed by atoms with van der Waals surface area (Å²) in [6.07, 6.45) is 1.86. The molecule has 0 bridgehead atoms. The van der Waals surface area contributed by atoms with Crippen LogP contribution in [0.5, 0.6) is 0 Å². The highest BCUT2D eigenvalue weighted by Crippen LogP contribution is 2.16. The van der Waals surface area contributed by atoms with E-state index in [0.717, 1.165) is 25.9 Å². The van der Waals surface area contributed by atoms with Crippen LogP contribution in [-0.2, 0) is 14.3 Å². The van der Waals surface area contributed by atoms with E-state index in [1.165, 1.54) is 0 Å². The molecule has 0 aromatic rings. The Morgan fingerprint density at radius 3 is 2.43 bits per heavy atom. The summed E-state index contributed by atoms with van der Waals surface area (Å²) in [6.45, 7) is 8.68. The lowest BCUT2D eigenvalue weighted by molar-refractivity contribution is -0.139. The van der Waals surface area contributed by atoms with E-state index in [4.69, 9.17) is 9.84 Å². The summed E-state index contributed by atoms with van der Waals surface area (Å²) in [5.74, 6) is -0.300. The maximum Gasteiger partial charge on any atom is 0.305 e. The second-order valence-corrected chi connectivity index (χ2v) is 6.06. The second kappa shape index (κ2) is 9.00. The molecule has 21 heavy (non-hydrogen) atoms. The van der Waals surface area contributed by atoms with Crippen LogP contribution in [0.3, 0.4) is 0 Å². The van der Waals surface area contributed by atoms with Crippen LogP contribution < -0.4 is 5.32 Å². The fraction of sp³-hybridized carbons (Fsp3) is 0.867. The Morgan fingerprint density at radius 1 is 1.29 bits per heavy atom. The molecule has 1 fully saturated rings. The number of rotatable bonds is 8. The fourth-order valence-electron chi connectivity index (χ4n) is 2.36. The molecular formula is C15H28N2O4. The third-order valence-corrected chi connectivity index (χ3v) is 3.76. The lowest BCUT2D eigenvalue weighted by atomic mass is 10.1. The summed E-state index contributed by atoms with van der Waals surface area (Å²) in [7, 11) is 0. The Balaban J connectivity index is 2.25. The van der Waals surface area contributed by atoms with E-state index in [1.807, 2.05) is 6.92 Å². The average molecular weight is 300 g/mol. The fourth-order valence-corrected chi connectivity index (χ4v) is 2.36. The molecule has 0 aliphatic carbocycles. The quantitative estimate of drug-likeness (QED) is 0.702. The van der Waals surface area contributed by atoms with Crippen LogP contribution in [0.15, 0.2) is 0 Å². The molecule has 1 heterocycles. The SMILES string of the molecule is CC(C)CNC(=O)C(C)N1CCC(OCCC(=O)O)CC1. The number of likely N-dealkylation sites (tertiary alicyclic amines) is 1. The van der Waals surface area contributed by atoms with Crippen molar-refractivity contribution in [2.75, 3.05) is 26.2 Å². The molecular weight excluding hydrogens is 272 g/mol. The first-order valence-electron chi connectivity index (χ1n) is 7.75. The van der Waals surface area contributed by atoms with Gasteiger partial charge in [-0.2, -0.15) is 0 Å². The van der Waals surface area contributed by atoms with Crippen molar-refractivity contribution in [3.05, 3.63) is 0 Å². The Morgan fingerprint density at radius 2 is 1.90 bits per heavy atom. The van der Waals surface area contributed by atoms with Gasteiger partial charge in [0.1, 0.15) is 0 Å². The smallest absolute Gasteiger partial charge is 0.305 e. The first-order chi connectivity index (χ1) is 9.90. The number of nitrogens with zero attached hydrogens (tertiary/aromatic N) is 1. The minimum absolute atomic E-state index is 0.0498. The molecule has 122 valence electrons. The zero-order chi connectivity index (χ0) is 15.8. The van der Waals surface area contributed by atoms with E-state index < -0.39 is 5.97 Å². The molecule has 0 aromatic heterocycles. The van der Waals surface area contributed by atoms with Crippen LogP contribution in [0, 0.1) is 5.92 Å². The molecule has 1 aliphatic heterocycles. The van der Waals surface area contributed by atoms with Gasteiger partial charge in [0.15, 0.2) is 0 Å². The number of amides is 1. The van der Waals surface area contributed by atoms with E-state index in [2.05, 4.69) is 24.1 Å². The second-order valence-electron chi connectivity index (χ2n) is 6.06. The van der Waals surface area contributed by atoms with Gasteiger partial charge in [-0.3, -0.25) is 14.5 Å². The number of carbonyl (C=O) groups is 2. The van der Waals surface area contributed by atoms with Crippen LogP contribution in [0.2, 0.25) is 0 Å². The number of hydrogen-bond acceptors (Lipinski definition) is 4. The van der Waals surface area contributed by atoms with Gasteiger partial charge in [0.05, 0.1) is 25.2 Å². The number of carboxylic acid groups (broad SMARTS) is 1. The predicted molar refractivity (Wildman–Crippen MR) is 80.1 cm³/mol. The number of nitrogens with one attached hydrogen (secondary N) is 1. The summed E-state index contributed by atoms with van der Waals surface area (Å²) in [6, 6.07) is -0.122. The number of piperidine rings is 1. The molecule has 1 atom stereocenters. The molecule has 1 unspecified atom stereocenters. The summed E-state index contributed by atoms with van der Waals surface area (Å²) in [4.78, 5) is 24.6. The number of aliphatic carboxylic acids is 1. The van der Waals surface area contributed by atoms with Crippen LogP contribution in [0.25, 0.3) is 0 Å². The third-order valence-electron chi connectivity index (χ3n) is 3.76. The molecule has 0 saturated carbocycles. The van der Waals surface area contributed by atoms with Gasteiger partial charge in [0, 0.05) is 19.6 Å². The molecule has 2 N–H and O–H groups in total. The van der Waals surface area contributed by atoms with Crippen LogP contribution in [0.1, 0.15) is 40.0 Å². The highest BCUT2D eigenvalue weighted by molar-refractivity contribution is 5.81. The van der Waals surface area contributed by atoms with Gasteiger partial charge in [-0.1, -0.05) is 13.8 Å². The van der Waals surface area contributed by atoms with Crippen molar-refractivity contribution in [1.29, 1.82) is 0 Å². The Hall–Kier alpha value is -1.14. The third kappa shape index (κ3) is 6.91. The Bertz CT molecular complexity index is 339. The number of carbonyl (C=O) groups excluding carboxylic acids is 1. The zero-order valence-electron chi connectivity index (χ0n) is 13.3. The van der Waals surface area contributed by atoms with Gasteiger partial charge in [-0.15, -0.1) is 0 Å². The predicted octanol–water partition coefficient (Wildman–Crippen LogP) is 1.10. The monoisotopic (exact) mass is 300 g/mol. The van der Waals surface area contributed by atoms with Crippen molar-refractivity contribution < 1.29 is 19.4 Å². The molecule has 6 nitrogen and oxygen atoms in total. The molecule has 6 heteroatoms. The van der Waals surface area contributed by atoms with Crippen molar-refractivity contribution >= 4 is 11.9 Å². The minimum atomic E-state index is -0.831. The highest BCUT2D eigenvalue weighted by Gasteiger charge is 2.26. The summed E-state index contributed by atoms with van der Waals surface area (Å²) >= 11 is 0. The van der Waals surface area contributed by atoms with Gasteiger partial charge < -0.3 is 15.2 Å². The molecule has 1 amide bonds. The van der Waals surface area contributed by atoms with Crippen LogP contribution in [-0.4, -0.2) is 60.3 Å². The maximum absolute atomic E-state index is 12.0. The lowest BCUT2D eigenvalue weighted by Gasteiger charge is -2.35. The molecule has 1 rings (SSSR count). The van der Waals surface area contributed by atoms with Gasteiger partial charge in [-0.25, -0.2) is 0 Å². The van der Waals surface area contributed by atoms with E-state index >= 15 is 0 Å². The Labute approximate surface area is 126 Å². The Kier molecular flexibility index (Phi) is 7.67. The van der Waals surface area contributed by atoms with E-state index in [-0.39, 0.29) is 31.1 Å². The molecule has 0 spiro atoms. The van der Waals surface area contributed by atoms with E-state index in [1.54, 1.807) is 0 Å². The number of carboxylic acids is 1. The summed E-state index contributed by atoms with van der Waals surface area (Å²) in [5, 5.41) is 11.5. The van der Waals surface area contributed by atoms with E-state index in [0.29, 0.717) is 12.5 Å². The normalized spacial score (nSPS) is 18.7. The molecule has 0 aromatic carbocycles. The largest absolute Gasteiger partial charge is 0.481 e. The van der Waals surface area contributed by atoms with Crippen molar-refractivity contribution in [2.45, 2.75) is 52.2 Å². The van der Waals surface area contributed by atoms with Gasteiger partial charge in [0.25, 0.3) is 0 Å². The summed E-state index contributed by atoms with van der Waals surface area (Å²) in [5.41, 5.74) is 0. The molecule has 1 saturated heterocycles. The first-order valence-corrected chi connectivity index (χ1v) is 7.75. The molecule has 1 aliphatic rings. The van der Waals surface area contributed by atoms with Crippen molar-refractivity contribution in [3.63, 3.8) is 0 Å². The molecule has 0 radical (unpaired) electrons. The maximum atomic E-state index is 12.0. The number of ether oxygens (including phenoxy) is 1. The minimum Gasteiger partial charge on any atom is -0.481 e. The van der Waals surface area contributed by atoms with Crippen LogP contribution >= 0.6 is 0 Å². The first kappa shape index (κ1) is 17.9. The number of hydrogen-bond donors (Lipinski definition) is 2. The highest BCUT2D eigenvalue weighted by atomic mass is 16.5. The van der Waals surface area contributed by atoms with Gasteiger partial charge in [-0.05, 0) is 25.7 Å².